The number of guanidine groups is 1. The summed E-state index contributed by atoms with van der Waals surface area (Å²) in [4.78, 5) is 19.1. The topological polar surface area (TPSA) is 63.2 Å². The fraction of sp³-hybridized carbons (Fsp3) is 0.619. The largest absolute Gasteiger partial charge is 0.497 e. The number of benzene rings is 1. The second-order valence-corrected chi connectivity index (χ2v) is 6.73. The molecule has 1 aliphatic heterocycles. The summed E-state index contributed by atoms with van der Waals surface area (Å²) in [5.41, 5.74) is 1.26. The second-order valence-electron chi connectivity index (χ2n) is 6.73. The van der Waals surface area contributed by atoms with Crippen LogP contribution < -0.4 is 10.1 Å². The van der Waals surface area contributed by atoms with Crippen molar-refractivity contribution in [2.45, 2.75) is 39.5 Å². The molecule has 0 aliphatic carbocycles. The van der Waals surface area contributed by atoms with Crippen molar-refractivity contribution in [1.29, 1.82) is 0 Å². The van der Waals surface area contributed by atoms with Crippen LogP contribution in [0.25, 0.3) is 0 Å². The molecule has 0 aromatic heterocycles. The number of carbonyl (C=O) groups excluding carboxylic acids is 1. The Balaban J connectivity index is 1.89. The number of piperidine rings is 1. The van der Waals surface area contributed by atoms with Crippen molar-refractivity contribution >= 4 is 11.9 Å². The summed E-state index contributed by atoms with van der Waals surface area (Å²) >= 11 is 0. The van der Waals surface area contributed by atoms with Crippen molar-refractivity contribution in [1.82, 2.24) is 10.2 Å². The van der Waals surface area contributed by atoms with E-state index in [2.05, 4.69) is 29.3 Å². The molecule has 1 N–H and O–H groups in total. The van der Waals surface area contributed by atoms with Gasteiger partial charge in [-0.15, -0.1) is 0 Å². The second kappa shape index (κ2) is 11.5. The summed E-state index contributed by atoms with van der Waals surface area (Å²) in [7, 11) is 1.69. The summed E-state index contributed by atoms with van der Waals surface area (Å²) in [6, 6.07) is 8.17. The quantitative estimate of drug-likeness (QED) is 0.328. The molecular formula is C21H33N3O3. The molecule has 1 aliphatic rings. The van der Waals surface area contributed by atoms with Gasteiger partial charge in [-0.05, 0) is 57.2 Å². The molecule has 150 valence electrons. The van der Waals surface area contributed by atoms with Gasteiger partial charge < -0.3 is 19.7 Å². The molecule has 6 heteroatoms. The first-order valence-electron chi connectivity index (χ1n) is 10.0. The predicted octanol–water partition coefficient (Wildman–Crippen LogP) is 2.87. The lowest BCUT2D eigenvalue weighted by molar-refractivity contribution is -0.149. The van der Waals surface area contributed by atoms with E-state index in [0.29, 0.717) is 13.2 Å². The van der Waals surface area contributed by atoms with Crippen LogP contribution in [-0.2, 0) is 16.0 Å². The molecule has 1 unspecified atom stereocenters. The zero-order valence-electron chi connectivity index (χ0n) is 16.9. The van der Waals surface area contributed by atoms with Crippen LogP contribution >= 0.6 is 0 Å². The van der Waals surface area contributed by atoms with Gasteiger partial charge >= 0.3 is 5.97 Å². The molecule has 27 heavy (non-hydrogen) atoms. The van der Waals surface area contributed by atoms with Crippen LogP contribution in [0.1, 0.15) is 38.7 Å². The van der Waals surface area contributed by atoms with Crippen LogP contribution in [0.3, 0.4) is 0 Å². The first kappa shape index (κ1) is 21.1. The third-order valence-electron chi connectivity index (χ3n) is 4.70. The van der Waals surface area contributed by atoms with Gasteiger partial charge in [-0.25, -0.2) is 0 Å². The minimum Gasteiger partial charge on any atom is -0.497 e. The van der Waals surface area contributed by atoms with Crippen LogP contribution in [0.4, 0.5) is 0 Å². The minimum absolute atomic E-state index is 0.0562. The number of ether oxygens (including phenoxy) is 2. The van der Waals surface area contributed by atoms with E-state index in [4.69, 9.17) is 14.5 Å². The molecule has 0 radical (unpaired) electrons. The van der Waals surface area contributed by atoms with E-state index in [1.165, 1.54) is 5.56 Å². The van der Waals surface area contributed by atoms with E-state index in [-0.39, 0.29) is 11.9 Å². The van der Waals surface area contributed by atoms with E-state index >= 15 is 0 Å². The normalized spacial score (nSPS) is 17.5. The molecule has 1 aromatic rings. The Morgan fingerprint density at radius 2 is 2.22 bits per heavy atom. The van der Waals surface area contributed by atoms with Gasteiger partial charge in [0.1, 0.15) is 5.75 Å². The zero-order chi connectivity index (χ0) is 19.5. The Hall–Kier alpha value is -2.24. The third-order valence-corrected chi connectivity index (χ3v) is 4.70. The lowest BCUT2D eigenvalue weighted by Crippen LogP contribution is -2.48. The molecule has 0 amide bonds. The SMILES string of the molecule is CCNC(=NCCCc1cccc(OC)c1)N1CCCC(C(=O)OCC)C1. The first-order valence-corrected chi connectivity index (χ1v) is 10.0. The monoisotopic (exact) mass is 375 g/mol. The highest BCUT2D eigenvalue weighted by Crippen LogP contribution is 2.18. The highest BCUT2D eigenvalue weighted by molar-refractivity contribution is 5.81. The third kappa shape index (κ3) is 6.77. The smallest absolute Gasteiger partial charge is 0.310 e. The van der Waals surface area contributed by atoms with Gasteiger partial charge in [0.15, 0.2) is 5.96 Å². The molecule has 0 spiro atoms. The maximum Gasteiger partial charge on any atom is 0.310 e. The van der Waals surface area contributed by atoms with Gasteiger partial charge in [-0.2, -0.15) is 0 Å². The van der Waals surface area contributed by atoms with Gasteiger partial charge in [0, 0.05) is 26.2 Å². The van der Waals surface area contributed by atoms with Crippen molar-refractivity contribution in [2.24, 2.45) is 10.9 Å². The van der Waals surface area contributed by atoms with Crippen molar-refractivity contribution in [2.75, 3.05) is 39.9 Å². The number of nitrogens with one attached hydrogen (secondary N) is 1. The van der Waals surface area contributed by atoms with E-state index in [1.54, 1.807) is 7.11 Å². The van der Waals surface area contributed by atoms with Crippen LogP contribution in [0, 0.1) is 5.92 Å². The molecule has 1 aromatic carbocycles. The maximum atomic E-state index is 12.1. The number of hydrogen-bond donors (Lipinski definition) is 1. The van der Waals surface area contributed by atoms with Crippen LogP contribution in [0.15, 0.2) is 29.3 Å². The number of aryl methyl sites for hydroxylation is 1. The van der Waals surface area contributed by atoms with Crippen LogP contribution in [-0.4, -0.2) is 56.7 Å². The number of aliphatic imine (C=N–C) groups is 1. The average molecular weight is 376 g/mol. The highest BCUT2D eigenvalue weighted by Gasteiger charge is 2.28. The number of esters is 1. The fourth-order valence-corrected chi connectivity index (χ4v) is 3.34. The van der Waals surface area contributed by atoms with E-state index in [0.717, 1.165) is 57.0 Å². The molecular weight excluding hydrogens is 342 g/mol. The number of hydrogen-bond acceptors (Lipinski definition) is 4. The molecule has 1 atom stereocenters. The van der Waals surface area contributed by atoms with E-state index < -0.39 is 0 Å². The van der Waals surface area contributed by atoms with Crippen LogP contribution in [0.5, 0.6) is 5.75 Å². The standard InChI is InChI=1S/C21H33N3O3/c1-4-22-21(24-14-8-11-18(16-24)20(25)27-5-2)23-13-7-10-17-9-6-12-19(15-17)26-3/h6,9,12,15,18H,4-5,7-8,10-11,13-14,16H2,1-3H3,(H,22,23). The molecule has 1 fully saturated rings. The molecule has 2 rings (SSSR count). The lowest BCUT2D eigenvalue weighted by atomic mass is 9.98. The van der Waals surface area contributed by atoms with E-state index in [1.807, 2.05) is 19.1 Å². The van der Waals surface area contributed by atoms with Gasteiger partial charge in [0.25, 0.3) is 0 Å². The van der Waals surface area contributed by atoms with Gasteiger partial charge in [0.05, 0.1) is 19.6 Å². The summed E-state index contributed by atoms with van der Waals surface area (Å²) in [5.74, 6) is 1.65. The minimum atomic E-state index is -0.0870. The maximum absolute atomic E-state index is 12.1. The Bertz CT molecular complexity index is 618. The van der Waals surface area contributed by atoms with Gasteiger partial charge in [-0.3, -0.25) is 9.79 Å². The Labute approximate surface area is 162 Å². The Morgan fingerprint density at radius 1 is 1.37 bits per heavy atom. The number of carbonyl (C=O) groups is 1. The molecule has 0 saturated carbocycles. The van der Waals surface area contributed by atoms with Crippen molar-refractivity contribution < 1.29 is 14.3 Å². The van der Waals surface area contributed by atoms with Crippen molar-refractivity contribution in [3.63, 3.8) is 0 Å². The molecule has 1 saturated heterocycles. The molecule has 1 heterocycles. The average Bonchev–Trinajstić information content (AvgIpc) is 2.70. The van der Waals surface area contributed by atoms with Crippen molar-refractivity contribution in [3.8, 4) is 5.75 Å². The lowest BCUT2D eigenvalue weighted by Gasteiger charge is -2.34. The summed E-state index contributed by atoms with van der Waals surface area (Å²) in [6.45, 7) is 7.53. The predicted molar refractivity (Wildman–Crippen MR) is 108 cm³/mol. The van der Waals surface area contributed by atoms with Crippen LogP contribution in [0.2, 0.25) is 0 Å². The van der Waals surface area contributed by atoms with Gasteiger partial charge in [0.2, 0.25) is 0 Å². The Kier molecular flexibility index (Phi) is 8.95. The number of rotatable bonds is 8. The summed E-state index contributed by atoms with van der Waals surface area (Å²) in [6.07, 6.45) is 3.81. The summed E-state index contributed by atoms with van der Waals surface area (Å²) < 4.78 is 10.5. The Morgan fingerprint density at radius 3 is 2.96 bits per heavy atom. The van der Waals surface area contributed by atoms with Crippen molar-refractivity contribution in [3.05, 3.63) is 29.8 Å². The fourth-order valence-electron chi connectivity index (χ4n) is 3.34. The first-order chi connectivity index (χ1) is 13.2. The van der Waals surface area contributed by atoms with Gasteiger partial charge in [-0.1, -0.05) is 12.1 Å². The zero-order valence-corrected chi connectivity index (χ0v) is 16.9. The highest BCUT2D eigenvalue weighted by atomic mass is 16.5. The number of nitrogens with zero attached hydrogens (tertiary/aromatic N) is 2. The molecule has 0 bridgehead atoms. The summed E-state index contributed by atoms with van der Waals surface area (Å²) in [5, 5.41) is 3.36. The number of likely N-dealkylation sites (tertiary alicyclic amines) is 1. The van der Waals surface area contributed by atoms with E-state index in [9.17, 15) is 4.79 Å². The number of methoxy groups -OCH3 is 1. The molecule has 6 nitrogen and oxygen atoms in total.